The Labute approximate surface area is 78.4 Å². The third kappa shape index (κ3) is 1.37. The van der Waals surface area contributed by atoms with Crippen LogP contribution in [-0.2, 0) is 6.54 Å². The maximum absolute atomic E-state index is 9.55. The molecule has 1 heterocycles. The summed E-state index contributed by atoms with van der Waals surface area (Å²) in [6.07, 6.45) is 1.91. The summed E-state index contributed by atoms with van der Waals surface area (Å²) in [5.74, 6) is 0.334. The van der Waals surface area contributed by atoms with E-state index in [0.717, 1.165) is 25.1 Å². The van der Waals surface area contributed by atoms with Crippen LogP contribution in [0.1, 0.15) is 37.1 Å². The van der Waals surface area contributed by atoms with Crippen molar-refractivity contribution in [3.63, 3.8) is 0 Å². The van der Waals surface area contributed by atoms with Crippen LogP contribution in [0.2, 0.25) is 0 Å². The van der Waals surface area contributed by atoms with E-state index in [9.17, 15) is 5.11 Å². The lowest BCUT2D eigenvalue weighted by Gasteiger charge is -2.32. The largest absolute Gasteiger partial charge is 0.392 e. The second-order valence-electron chi connectivity index (χ2n) is 3.78. The first-order valence-corrected chi connectivity index (χ1v) is 4.94. The number of hydrogen-bond acceptors (Lipinski definition) is 2. The molecule has 0 amide bonds. The molecular formula is C10H16N2O. The van der Waals surface area contributed by atoms with Gasteiger partial charge in [-0.25, -0.2) is 0 Å². The second kappa shape index (κ2) is 3.14. The summed E-state index contributed by atoms with van der Waals surface area (Å²) in [5.41, 5.74) is 2.26. The monoisotopic (exact) mass is 180 g/mol. The second-order valence-corrected chi connectivity index (χ2v) is 3.78. The maximum Gasteiger partial charge on any atom is 0.0624 e. The van der Waals surface area contributed by atoms with E-state index < -0.39 is 0 Å². The molecule has 1 aromatic heterocycles. The summed E-state index contributed by atoms with van der Waals surface area (Å²) in [5, 5.41) is 13.9. The number of aliphatic hydroxyl groups is 1. The SMILES string of the molecule is CCn1nc(C)cc1C1CCC1O. The quantitative estimate of drug-likeness (QED) is 0.748. The number of aryl methyl sites for hydroxylation is 2. The molecule has 0 radical (unpaired) electrons. The van der Waals surface area contributed by atoms with Crippen molar-refractivity contribution in [3.05, 3.63) is 17.5 Å². The van der Waals surface area contributed by atoms with Crippen LogP contribution < -0.4 is 0 Å². The Morgan fingerprint density at radius 3 is 2.85 bits per heavy atom. The van der Waals surface area contributed by atoms with E-state index in [2.05, 4.69) is 18.1 Å². The normalized spacial score (nSPS) is 27.3. The molecule has 1 saturated carbocycles. The molecule has 13 heavy (non-hydrogen) atoms. The molecule has 2 atom stereocenters. The molecule has 3 heteroatoms. The van der Waals surface area contributed by atoms with E-state index in [1.54, 1.807) is 0 Å². The molecule has 1 aliphatic carbocycles. The summed E-state index contributed by atoms with van der Waals surface area (Å²) < 4.78 is 2.00. The van der Waals surface area contributed by atoms with Gasteiger partial charge in [0.1, 0.15) is 0 Å². The fraction of sp³-hybridized carbons (Fsp3) is 0.700. The van der Waals surface area contributed by atoms with Crippen LogP contribution in [-0.4, -0.2) is 21.0 Å². The zero-order valence-corrected chi connectivity index (χ0v) is 8.20. The molecule has 2 rings (SSSR count). The maximum atomic E-state index is 9.55. The van der Waals surface area contributed by atoms with Crippen molar-refractivity contribution in [3.8, 4) is 0 Å². The van der Waals surface area contributed by atoms with Crippen molar-refractivity contribution in [1.82, 2.24) is 9.78 Å². The lowest BCUT2D eigenvalue weighted by Crippen LogP contribution is -2.30. The highest BCUT2D eigenvalue weighted by Crippen LogP contribution is 2.36. The molecule has 2 unspecified atom stereocenters. The van der Waals surface area contributed by atoms with Crippen molar-refractivity contribution in [2.45, 2.75) is 45.3 Å². The molecule has 72 valence electrons. The Hall–Kier alpha value is -0.830. The molecule has 0 saturated heterocycles. The fourth-order valence-electron chi connectivity index (χ4n) is 1.94. The standard InChI is InChI=1S/C10H16N2O/c1-3-12-9(6-7(2)11-12)8-4-5-10(8)13/h6,8,10,13H,3-5H2,1-2H3. The van der Waals surface area contributed by atoms with Gasteiger partial charge in [-0.15, -0.1) is 0 Å². The van der Waals surface area contributed by atoms with Crippen LogP contribution in [0.25, 0.3) is 0 Å². The lowest BCUT2D eigenvalue weighted by atomic mass is 9.79. The fourth-order valence-corrected chi connectivity index (χ4v) is 1.94. The summed E-state index contributed by atoms with van der Waals surface area (Å²) in [7, 11) is 0. The van der Waals surface area contributed by atoms with Crippen molar-refractivity contribution in [1.29, 1.82) is 0 Å². The molecule has 1 fully saturated rings. The predicted molar refractivity (Wildman–Crippen MR) is 50.6 cm³/mol. The number of nitrogens with zero attached hydrogens (tertiary/aromatic N) is 2. The number of rotatable bonds is 2. The van der Waals surface area contributed by atoms with Gasteiger partial charge in [-0.05, 0) is 32.8 Å². The number of aromatic nitrogens is 2. The Morgan fingerprint density at radius 2 is 2.38 bits per heavy atom. The Morgan fingerprint density at radius 1 is 1.62 bits per heavy atom. The number of aliphatic hydroxyl groups excluding tert-OH is 1. The van der Waals surface area contributed by atoms with Crippen molar-refractivity contribution in [2.75, 3.05) is 0 Å². The van der Waals surface area contributed by atoms with Crippen molar-refractivity contribution in [2.24, 2.45) is 0 Å². The summed E-state index contributed by atoms with van der Waals surface area (Å²) >= 11 is 0. The van der Waals surface area contributed by atoms with Gasteiger partial charge in [0.2, 0.25) is 0 Å². The van der Waals surface area contributed by atoms with Gasteiger partial charge in [0.15, 0.2) is 0 Å². The molecule has 0 bridgehead atoms. The molecule has 3 nitrogen and oxygen atoms in total. The van der Waals surface area contributed by atoms with Gasteiger partial charge >= 0.3 is 0 Å². The first-order valence-electron chi connectivity index (χ1n) is 4.94. The van der Waals surface area contributed by atoms with E-state index in [0.29, 0.717) is 5.92 Å². The highest BCUT2D eigenvalue weighted by Gasteiger charge is 2.32. The van der Waals surface area contributed by atoms with Gasteiger partial charge in [-0.1, -0.05) is 0 Å². The Bertz CT molecular complexity index is 306. The summed E-state index contributed by atoms with van der Waals surface area (Å²) in [6, 6.07) is 2.09. The molecular weight excluding hydrogens is 164 g/mol. The highest BCUT2D eigenvalue weighted by molar-refractivity contribution is 5.18. The van der Waals surface area contributed by atoms with Gasteiger partial charge < -0.3 is 5.11 Å². The van der Waals surface area contributed by atoms with E-state index in [-0.39, 0.29) is 6.10 Å². The number of hydrogen-bond donors (Lipinski definition) is 1. The van der Waals surface area contributed by atoms with E-state index in [1.807, 2.05) is 11.6 Å². The molecule has 0 spiro atoms. The van der Waals surface area contributed by atoms with Gasteiger partial charge in [-0.3, -0.25) is 4.68 Å². The molecule has 0 aliphatic heterocycles. The van der Waals surface area contributed by atoms with Gasteiger partial charge in [0, 0.05) is 18.2 Å². The van der Waals surface area contributed by atoms with Gasteiger partial charge in [0.25, 0.3) is 0 Å². The average Bonchev–Trinajstić information content (AvgIpc) is 2.44. The lowest BCUT2D eigenvalue weighted by molar-refractivity contribution is 0.0620. The zero-order chi connectivity index (χ0) is 9.42. The van der Waals surface area contributed by atoms with Gasteiger partial charge in [0.05, 0.1) is 11.8 Å². The van der Waals surface area contributed by atoms with Crippen molar-refractivity contribution < 1.29 is 5.11 Å². The average molecular weight is 180 g/mol. The van der Waals surface area contributed by atoms with Crippen LogP contribution in [0.3, 0.4) is 0 Å². The third-order valence-electron chi connectivity index (χ3n) is 2.85. The first kappa shape index (κ1) is 8.75. The minimum Gasteiger partial charge on any atom is -0.392 e. The third-order valence-corrected chi connectivity index (χ3v) is 2.85. The predicted octanol–water partition coefficient (Wildman–Crippen LogP) is 1.45. The Kier molecular flexibility index (Phi) is 2.12. The minimum atomic E-state index is -0.138. The van der Waals surface area contributed by atoms with Gasteiger partial charge in [-0.2, -0.15) is 5.10 Å². The molecule has 1 aromatic rings. The molecule has 1 N–H and O–H groups in total. The van der Waals surface area contributed by atoms with Crippen LogP contribution in [0.4, 0.5) is 0 Å². The highest BCUT2D eigenvalue weighted by atomic mass is 16.3. The summed E-state index contributed by atoms with van der Waals surface area (Å²) in [4.78, 5) is 0. The van der Waals surface area contributed by atoms with Crippen LogP contribution in [0.15, 0.2) is 6.07 Å². The van der Waals surface area contributed by atoms with Crippen molar-refractivity contribution >= 4 is 0 Å². The van der Waals surface area contributed by atoms with E-state index >= 15 is 0 Å². The van der Waals surface area contributed by atoms with Crippen LogP contribution in [0, 0.1) is 6.92 Å². The minimum absolute atomic E-state index is 0.138. The Balaban J connectivity index is 2.27. The first-order chi connectivity index (χ1) is 6.22. The zero-order valence-electron chi connectivity index (χ0n) is 8.20. The van der Waals surface area contributed by atoms with E-state index in [1.165, 1.54) is 5.69 Å². The topological polar surface area (TPSA) is 38.0 Å². The molecule has 1 aliphatic rings. The smallest absolute Gasteiger partial charge is 0.0624 e. The van der Waals surface area contributed by atoms with E-state index in [4.69, 9.17) is 0 Å². The summed E-state index contributed by atoms with van der Waals surface area (Å²) in [6.45, 7) is 4.98. The van der Waals surface area contributed by atoms with Crippen LogP contribution >= 0.6 is 0 Å². The van der Waals surface area contributed by atoms with Crippen LogP contribution in [0.5, 0.6) is 0 Å². The molecule has 0 aromatic carbocycles.